The first kappa shape index (κ1) is 19.2. The van der Waals surface area contributed by atoms with Crippen LogP contribution in [-0.2, 0) is 0 Å². The molecule has 4 rings (SSSR count). The van der Waals surface area contributed by atoms with E-state index in [2.05, 4.69) is 22.6 Å². The van der Waals surface area contributed by atoms with E-state index < -0.39 is 0 Å². The molecule has 1 aromatic heterocycles. The average molecular weight is 496 g/mol. The third kappa shape index (κ3) is 3.75. The first-order chi connectivity index (χ1) is 14.1. The first-order valence-corrected chi connectivity index (χ1v) is 9.98. The molecule has 29 heavy (non-hydrogen) atoms. The number of hydrogen-bond acceptors (Lipinski definition) is 4. The Labute approximate surface area is 181 Å². The summed E-state index contributed by atoms with van der Waals surface area (Å²) >= 11 is 2.18. The van der Waals surface area contributed by atoms with Gasteiger partial charge in [-0.15, -0.1) is 0 Å². The van der Waals surface area contributed by atoms with Gasteiger partial charge >= 0.3 is 0 Å². The Kier molecular flexibility index (Phi) is 5.35. The highest BCUT2D eigenvalue weighted by Gasteiger charge is 2.15. The predicted octanol–water partition coefficient (Wildman–Crippen LogP) is 4.87. The Morgan fingerprint density at radius 1 is 1.03 bits per heavy atom. The molecule has 0 aliphatic rings. The molecule has 0 fully saturated rings. The number of hydrogen-bond donors (Lipinski definition) is 1. The van der Waals surface area contributed by atoms with Crippen LogP contribution in [0.2, 0.25) is 0 Å². The van der Waals surface area contributed by atoms with Crippen molar-refractivity contribution < 1.29 is 9.84 Å². The lowest BCUT2D eigenvalue weighted by atomic mass is 10.1. The largest absolute Gasteiger partial charge is 0.507 e. The molecule has 144 valence electrons. The Hall–Kier alpha value is -3.13. The summed E-state index contributed by atoms with van der Waals surface area (Å²) in [6, 6.07) is 19.9. The average Bonchev–Trinajstić information content (AvgIpc) is 2.74. The molecular weight excluding hydrogens is 479 g/mol. The fraction of sp³-hybridized carbons (Fsp3) is 0.0435. The van der Waals surface area contributed by atoms with Crippen LogP contribution >= 0.6 is 22.6 Å². The number of ether oxygens (including phenoxy) is 1. The maximum absolute atomic E-state index is 13.4. The summed E-state index contributed by atoms with van der Waals surface area (Å²) in [6.45, 7) is 0. The van der Waals surface area contributed by atoms with Crippen molar-refractivity contribution in [3.8, 4) is 17.2 Å². The van der Waals surface area contributed by atoms with Gasteiger partial charge in [0, 0.05) is 9.13 Å². The minimum Gasteiger partial charge on any atom is -0.507 e. The smallest absolute Gasteiger partial charge is 0.266 e. The number of halogens is 1. The topological polar surface area (TPSA) is 64.3 Å². The second-order valence-electron chi connectivity index (χ2n) is 6.34. The molecule has 0 aliphatic heterocycles. The van der Waals surface area contributed by atoms with Crippen LogP contribution in [0.3, 0.4) is 0 Å². The van der Waals surface area contributed by atoms with E-state index in [0.29, 0.717) is 33.7 Å². The SMILES string of the molecule is COc1ccccc1-n1c(/C=C/c2ccccc2O)nc2ccc(I)cc2c1=O. The molecule has 5 nitrogen and oxygen atoms in total. The van der Waals surface area contributed by atoms with Crippen LogP contribution in [-0.4, -0.2) is 21.8 Å². The summed E-state index contributed by atoms with van der Waals surface area (Å²) in [5, 5.41) is 10.6. The third-order valence-electron chi connectivity index (χ3n) is 4.53. The van der Waals surface area contributed by atoms with Gasteiger partial charge in [0.1, 0.15) is 17.3 Å². The van der Waals surface area contributed by atoms with E-state index in [-0.39, 0.29) is 11.3 Å². The molecule has 0 amide bonds. The predicted molar refractivity (Wildman–Crippen MR) is 124 cm³/mol. The molecule has 1 N–H and O–H groups in total. The summed E-state index contributed by atoms with van der Waals surface area (Å²) in [5.41, 5.74) is 1.66. The van der Waals surface area contributed by atoms with E-state index in [9.17, 15) is 9.90 Å². The number of methoxy groups -OCH3 is 1. The molecule has 3 aromatic carbocycles. The highest BCUT2D eigenvalue weighted by molar-refractivity contribution is 14.1. The lowest BCUT2D eigenvalue weighted by Gasteiger charge is -2.14. The van der Waals surface area contributed by atoms with Crippen LogP contribution in [0.5, 0.6) is 11.5 Å². The lowest BCUT2D eigenvalue weighted by Crippen LogP contribution is -2.23. The van der Waals surface area contributed by atoms with Gasteiger partial charge in [0.25, 0.3) is 5.56 Å². The Bertz CT molecular complexity index is 1300. The molecule has 0 aliphatic carbocycles. The van der Waals surface area contributed by atoms with Gasteiger partial charge in [0.2, 0.25) is 0 Å². The van der Waals surface area contributed by atoms with Gasteiger partial charge in [-0.2, -0.15) is 0 Å². The number of phenols is 1. The molecule has 0 saturated heterocycles. The number of para-hydroxylation sites is 3. The molecule has 1 heterocycles. The maximum atomic E-state index is 13.4. The second-order valence-corrected chi connectivity index (χ2v) is 7.58. The number of nitrogens with zero attached hydrogens (tertiary/aromatic N) is 2. The second kappa shape index (κ2) is 8.08. The normalized spacial score (nSPS) is 11.2. The van der Waals surface area contributed by atoms with Crippen LogP contribution in [0, 0.1) is 3.57 Å². The van der Waals surface area contributed by atoms with Gasteiger partial charge in [-0.3, -0.25) is 9.36 Å². The zero-order chi connectivity index (χ0) is 20.4. The summed E-state index contributed by atoms with van der Waals surface area (Å²) in [4.78, 5) is 18.1. The van der Waals surface area contributed by atoms with Gasteiger partial charge in [0.05, 0.1) is 23.7 Å². The molecule has 0 saturated carbocycles. The summed E-state index contributed by atoms with van der Waals surface area (Å²) in [5.74, 6) is 1.17. The van der Waals surface area contributed by atoms with Gasteiger partial charge in [-0.05, 0) is 71.1 Å². The van der Waals surface area contributed by atoms with Crippen LogP contribution in [0.4, 0.5) is 0 Å². The van der Waals surface area contributed by atoms with Crippen molar-refractivity contribution in [3.05, 3.63) is 92.0 Å². The highest BCUT2D eigenvalue weighted by Crippen LogP contribution is 2.25. The van der Waals surface area contributed by atoms with Crippen molar-refractivity contribution in [3.63, 3.8) is 0 Å². The van der Waals surface area contributed by atoms with E-state index >= 15 is 0 Å². The third-order valence-corrected chi connectivity index (χ3v) is 5.20. The van der Waals surface area contributed by atoms with Crippen LogP contribution in [0.15, 0.2) is 71.5 Å². The number of benzene rings is 3. The van der Waals surface area contributed by atoms with E-state index in [1.165, 1.54) is 4.57 Å². The zero-order valence-corrected chi connectivity index (χ0v) is 17.7. The first-order valence-electron chi connectivity index (χ1n) is 8.90. The quantitative estimate of drug-likeness (QED) is 0.410. The van der Waals surface area contributed by atoms with Crippen molar-refractivity contribution >= 4 is 45.6 Å². The van der Waals surface area contributed by atoms with Crippen molar-refractivity contribution in [1.82, 2.24) is 9.55 Å². The number of aromatic hydroxyl groups is 1. The fourth-order valence-corrected chi connectivity index (χ4v) is 3.62. The number of fused-ring (bicyclic) bond motifs is 1. The molecule has 0 radical (unpaired) electrons. The van der Waals surface area contributed by atoms with E-state index in [1.807, 2.05) is 42.5 Å². The Balaban J connectivity index is 2.01. The van der Waals surface area contributed by atoms with Gasteiger partial charge in [-0.25, -0.2) is 4.98 Å². The number of aromatic nitrogens is 2. The van der Waals surface area contributed by atoms with Crippen molar-refractivity contribution in [1.29, 1.82) is 0 Å². The van der Waals surface area contributed by atoms with Crippen LogP contribution in [0.25, 0.3) is 28.7 Å². The monoisotopic (exact) mass is 496 g/mol. The number of rotatable bonds is 4. The fourth-order valence-electron chi connectivity index (χ4n) is 3.13. The van der Waals surface area contributed by atoms with Crippen molar-refractivity contribution in [2.45, 2.75) is 0 Å². The van der Waals surface area contributed by atoms with E-state index in [4.69, 9.17) is 9.72 Å². The molecule has 0 unspecified atom stereocenters. The molecule has 0 bridgehead atoms. The summed E-state index contributed by atoms with van der Waals surface area (Å²) < 4.78 is 7.97. The molecule has 4 aromatic rings. The zero-order valence-electron chi connectivity index (χ0n) is 15.5. The Morgan fingerprint density at radius 2 is 1.79 bits per heavy atom. The minimum atomic E-state index is -0.185. The van der Waals surface area contributed by atoms with Gasteiger partial charge in [0.15, 0.2) is 0 Å². The standard InChI is InChI=1S/C23H17IN2O3/c1-29-21-9-5-3-7-19(21)26-22(13-10-15-6-2-4-8-20(15)27)25-18-12-11-16(24)14-17(18)23(26)28/h2-14,27H,1H3/b13-10+. The highest BCUT2D eigenvalue weighted by atomic mass is 127. The van der Waals surface area contributed by atoms with Crippen molar-refractivity contribution in [2.24, 2.45) is 0 Å². The van der Waals surface area contributed by atoms with E-state index in [1.54, 1.807) is 43.5 Å². The minimum absolute atomic E-state index is 0.158. The van der Waals surface area contributed by atoms with Crippen LogP contribution < -0.4 is 10.3 Å². The lowest BCUT2D eigenvalue weighted by molar-refractivity contribution is 0.412. The summed E-state index contributed by atoms with van der Waals surface area (Å²) in [7, 11) is 1.57. The van der Waals surface area contributed by atoms with E-state index in [0.717, 1.165) is 3.57 Å². The van der Waals surface area contributed by atoms with Crippen molar-refractivity contribution in [2.75, 3.05) is 7.11 Å². The van der Waals surface area contributed by atoms with Gasteiger partial charge < -0.3 is 9.84 Å². The molecule has 0 atom stereocenters. The van der Waals surface area contributed by atoms with Crippen LogP contribution in [0.1, 0.15) is 11.4 Å². The van der Waals surface area contributed by atoms with Gasteiger partial charge in [-0.1, -0.05) is 30.3 Å². The maximum Gasteiger partial charge on any atom is 0.266 e. The Morgan fingerprint density at radius 3 is 2.59 bits per heavy atom. The molecule has 6 heteroatoms. The number of phenolic OH excluding ortho intramolecular Hbond substituents is 1. The molecular formula is C23H17IN2O3. The molecule has 0 spiro atoms. The summed E-state index contributed by atoms with van der Waals surface area (Å²) in [6.07, 6.45) is 3.46.